The average Bonchev–Trinajstić information content (AvgIpc) is 3.06. The summed E-state index contributed by atoms with van der Waals surface area (Å²) in [6.07, 6.45) is 4.01. The Morgan fingerprint density at radius 3 is 2.77 bits per heavy atom. The quantitative estimate of drug-likeness (QED) is 0.401. The highest BCUT2D eigenvalue weighted by atomic mass is 127. The molecule has 3 rings (SSSR count). The first kappa shape index (κ1) is 21.4. The standard InChI is InChI=1S/C20H31N3O2.HI/c1-3-21-19(22-15-20(24)10-6-7-11-20)23-12-13-25-18(14-23)17-9-5-4-8-16(17)2;/h4-5,8-9,18,24H,3,6-7,10-15H2,1-2H3,(H,21,22);1H. The third kappa shape index (κ3) is 5.33. The average molecular weight is 473 g/mol. The van der Waals surface area contributed by atoms with Gasteiger partial charge in [-0.25, -0.2) is 0 Å². The maximum atomic E-state index is 10.6. The fraction of sp³-hybridized carbons (Fsp3) is 0.650. The van der Waals surface area contributed by atoms with Crippen molar-refractivity contribution in [3.63, 3.8) is 0 Å². The van der Waals surface area contributed by atoms with Crippen LogP contribution in [0.2, 0.25) is 0 Å². The van der Waals surface area contributed by atoms with Crippen LogP contribution in [0, 0.1) is 6.92 Å². The number of nitrogens with zero attached hydrogens (tertiary/aromatic N) is 2. The fourth-order valence-corrected chi connectivity index (χ4v) is 3.82. The molecule has 146 valence electrons. The van der Waals surface area contributed by atoms with Crippen molar-refractivity contribution >= 4 is 29.9 Å². The molecule has 2 N–H and O–H groups in total. The molecule has 0 aromatic heterocycles. The molecule has 1 unspecified atom stereocenters. The van der Waals surface area contributed by atoms with E-state index in [9.17, 15) is 5.11 Å². The predicted molar refractivity (Wildman–Crippen MR) is 116 cm³/mol. The number of halogens is 1. The van der Waals surface area contributed by atoms with E-state index in [-0.39, 0.29) is 30.1 Å². The molecule has 0 amide bonds. The molecule has 6 heteroatoms. The fourth-order valence-electron chi connectivity index (χ4n) is 3.82. The molecule has 1 aromatic carbocycles. The second kappa shape index (κ2) is 9.90. The topological polar surface area (TPSA) is 57.1 Å². The van der Waals surface area contributed by atoms with Crippen LogP contribution in [0.4, 0.5) is 0 Å². The second-order valence-corrected chi connectivity index (χ2v) is 7.26. The van der Waals surface area contributed by atoms with Crippen molar-refractivity contribution in [2.45, 2.75) is 51.2 Å². The molecule has 0 radical (unpaired) electrons. The van der Waals surface area contributed by atoms with Gasteiger partial charge >= 0.3 is 0 Å². The van der Waals surface area contributed by atoms with E-state index < -0.39 is 5.60 Å². The molecule has 1 atom stereocenters. The molecule has 1 saturated heterocycles. The first-order chi connectivity index (χ1) is 12.1. The van der Waals surface area contributed by atoms with E-state index >= 15 is 0 Å². The van der Waals surface area contributed by atoms with Crippen LogP contribution in [0.5, 0.6) is 0 Å². The van der Waals surface area contributed by atoms with Crippen LogP contribution in [0.25, 0.3) is 0 Å². The van der Waals surface area contributed by atoms with Crippen molar-refractivity contribution in [2.24, 2.45) is 4.99 Å². The van der Waals surface area contributed by atoms with Gasteiger partial charge in [-0.2, -0.15) is 0 Å². The molecule has 2 fully saturated rings. The number of ether oxygens (including phenoxy) is 1. The van der Waals surface area contributed by atoms with Gasteiger partial charge in [-0.3, -0.25) is 4.99 Å². The number of aliphatic imine (C=N–C) groups is 1. The summed E-state index contributed by atoms with van der Waals surface area (Å²) in [5.41, 5.74) is 1.90. The number of rotatable bonds is 4. The van der Waals surface area contributed by atoms with Crippen molar-refractivity contribution in [2.75, 3.05) is 32.8 Å². The summed E-state index contributed by atoms with van der Waals surface area (Å²) in [5, 5.41) is 14.0. The van der Waals surface area contributed by atoms with Crippen molar-refractivity contribution < 1.29 is 9.84 Å². The summed E-state index contributed by atoms with van der Waals surface area (Å²) in [6.45, 7) is 7.83. The minimum atomic E-state index is -0.609. The number of nitrogens with one attached hydrogen (secondary N) is 1. The number of hydrogen-bond donors (Lipinski definition) is 2. The van der Waals surface area contributed by atoms with E-state index in [4.69, 9.17) is 9.73 Å². The Balaban J connectivity index is 0.00000243. The van der Waals surface area contributed by atoms with Crippen LogP contribution in [0.1, 0.15) is 49.8 Å². The molecule has 0 spiro atoms. The van der Waals surface area contributed by atoms with Crippen LogP contribution >= 0.6 is 24.0 Å². The third-order valence-corrected chi connectivity index (χ3v) is 5.29. The summed E-state index contributed by atoms with van der Waals surface area (Å²) < 4.78 is 6.03. The third-order valence-electron chi connectivity index (χ3n) is 5.29. The zero-order chi connectivity index (χ0) is 17.7. The number of morpholine rings is 1. The molecule has 1 saturated carbocycles. The lowest BCUT2D eigenvalue weighted by Gasteiger charge is -2.36. The number of aryl methyl sites for hydroxylation is 1. The van der Waals surface area contributed by atoms with Gasteiger partial charge in [0.1, 0.15) is 6.10 Å². The second-order valence-electron chi connectivity index (χ2n) is 7.26. The lowest BCUT2D eigenvalue weighted by molar-refractivity contribution is -0.00862. The van der Waals surface area contributed by atoms with Gasteiger partial charge in [0.2, 0.25) is 0 Å². The zero-order valence-corrected chi connectivity index (χ0v) is 18.2. The first-order valence-corrected chi connectivity index (χ1v) is 9.54. The van der Waals surface area contributed by atoms with E-state index in [0.717, 1.165) is 51.3 Å². The lowest BCUT2D eigenvalue weighted by Crippen LogP contribution is -2.48. The summed E-state index contributed by atoms with van der Waals surface area (Å²) in [5.74, 6) is 0.893. The molecular weight excluding hydrogens is 441 g/mol. The Hall–Kier alpha value is -0.860. The van der Waals surface area contributed by atoms with Gasteiger partial charge in [-0.15, -0.1) is 24.0 Å². The van der Waals surface area contributed by atoms with Crippen LogP contribution in [0.3, 0.4) is 0 Å². The zero-order valence-electron chi connectivity index (χ0n) is 15.9. The molecule has 5 nitrogen and oxygen atoms in total. The van der Waals surface area contributed by atoms with Crippen LogP contribution in [-0.4, -0.2) is 54.4 Å². The maximum Gasteiger partial charge on any atom is 0.194 e. The van der Waals surface area contributed by atoms with Gasteiger partial charge in [0.25, 0.3) is 0 Å². The van der Waals surface area contributed by atoms with Crippen molar-refractivity contribution in [1.82, 2.24) is 10.2 Å². The summed E-state index contributed by atoms with van der Waals surface area (Å²) in [4.78, 5) is 7.03. The van der Waals surface area contributed by atoms with Crippen molar-refractivity contribution in [1.29, 1.82) is 0 Å². The van der Waals surface area contributed by atoms with Gasteiger partial charge in [-0.05, 0) is 37.8 Å². The highest BCUT2D eigenvalue weighted by Gasteiger charge is 2.31. The maximum absolute atomic E-state index is 10.6. The number of hydrogen-bond acceptors (Lipinski definition) is 3. The largest absolute Gasteiger partial charge is 0.388 e. The molecule has 1 aliphatic heterocycles. The summed E-state index contributed by atoms with van der Waals surface area (Å²) in [7, 11) is 0. The van der Waals surface area contributed by atoms with Crippen molar-refractivity contribution in [3.05, 3.63) is 35.4 Å². The van der Waals surface area contributed by atoms with Gasteiger partial charge in [-0.1, -0.05) is 37.1 Å². The summed E-state index contributed by atoms with van der Waals surface area (Å²) in [6, 6.07) is 8.41. The Kier molecular flexibility index (Phi) is 8.16. The van der Waals surface area contributed by atoms with Gasteiger partial charge in [0, 0.05) is 13.1 Å². The molecule has 26 heavy (non-hydrogen) atoms. The van der Waals surface area contributed by atoms with E-state index in [0.29, 0.717) is 13.2 Å². The van der Waals surface area contributed by atoms with Gasteiger partial charge < -0.3 is 20.1 Å². The smallest absolute Gasteiger partial charge is 0.194 e. The number of benzene rings is 1. The molecule has 1 aliphatic carbocycles. The number of aliphatic hydroxyl groups is 1. The van der Waals surface area contributed by atoms with E-state index in [1.807, 2.05) is 0 Å². The molecular formula is C20H32IN3O2. The molecule has 0 bridgehead atoms. The first-order valence-electron chi connectivity index (χ1n) is 9.54. The van der Waals surface area contributed by atoms with E-state index in [2.05, 4.69) is 48.3 Å². The Morgan fingerprint density at radius 2 is 2.08 bits per heavy atom. The van der Waals surface area contributed by atoms with Crippen LogP contribution in [-0.2, 0) is 4.74 Å². The molecule has 1 aromatic rings. The van der Waals surface area contributed by atoms with Crippen LogP contribution < -0.4 is 5.32 Å². The monoisotopic (exact) mass is 473 g/mol. The Morgan fingerprint density at radius 1 is 1.35 bits per heavy atom. The summed E-state index contributed by atoms with van der Waals surface area (Å²) >= 11 is 0. The predicted octanol–water partition coefficient (Wildman–Crippen LogP) is 3.26. The van der Waals surface area contributed by atoms with Gasteiger partial charge in [0.05, 0.1) is 25.3 Å². The normalized spacial score (nSPS) is 22.8. The Bertz CT molecular complexity index is 602. The molecule has 2 aliphatic rings. The highest BCUT2D eigenvalue weighted by molar-refractivity contribution is 14.0. The van der Waals surface area contributed by atoms with Crippen molar-refractivity contribution in [3.8, 4) is 0 Å². The molecule has 1 heterocycles. The van der Waals surface area contributed by atoms with E-state index in [1.54, 1.807) is 0 Å². The SMILES string of the molecule is CCNC(=NCC1(O)CCCC1)N1CCOC(c2ccccc2C)C1.I. The minimum Gasteiger partial charge on any atom is -0.388 e. The van der Waals surface area contributed by atoms with Crippen LogP contribution in [0.15, 0.2) is 29.3 Å². The Labute approximate surface area is 174 Å². The minimum absolute atomic E-state index is 0. The number of guanidine groups is 1. The van der Waals surface area contributed by atoms with Gasteiger partial charge in [0.15, 0.2) is 5.96 Å². The highest BCUT2D eigenvalue weighted by Crippen LogP contribution is 2.30. The van der Waals surface area contributed by atoms with E-state index in [1.165, 1.54) is 11.1 Å². The lowest BCUT2D eigenvalue weighted by atomic mass is 10.0.